The number of rotatable bonds is 6. The van der Waals surface area contributed by atoms with Crippen molar-refractivity contribution < 1.29 is 20.1 Å². The van der Waals surface area contributed by atoms with Gasteiger partial charge in [-0.05, 0) is 0 Å². The minimum Gasteiger partial charge on any atom is -0.725 e. The molecule has 1 unspecified atom stereocenters. The Labute approximate surface area is 88.7 Å². The van der Waals surface area contributed by atoms with Crippen LogP contribution >= 0.6 is 21.6 Å². The molecule has 0 aliphatic carbocycles. The van der Waals surface area contributed by atoms with Crippen molar-refractivity contribution in [3.63, 3.8) is 0 Å². The zero-order valence-corrected chi connectivity index (χ0v) is 8.64. The molecule has 0 spiro atoms. The van der Waals surface area contributed by atoms with Gasteiger partial charge in [0.05, 0.1) is 0 Å². The third-order valence-electron chi connectivity index (χ3n) is 1.04. The first-order valence-electron chi connectivity index (χ1n) is 3.38. The number of aliphatic hydroxyl groups is 2. The van der Waals surface area contributed by atoms with Gasteiger partial charge in [-0.1, -0.05) is 0 Å². The van der Waals surface area contributed by atoms with Crippen molar-refractivity contribution in [3.05, 3.63) is 23.1 Å². The Balaban J connectivity index is 3.66. The second-order valence-corrected chi connectivity index (χ2v) is 4.46. The van der Waals surface area contributed by atoms with Crippen LogP contribution in [0.3, 0.4) is 0 Å². The van der Waals surface area contributed by atoms with E-state index in [-0.39, 0.29) is 5.75 Å². The quantitative estimate of drug-likeness (QED) is 0.307. The molecule has 0 aromatic heterocycles. The van der Waals surface area contributed by atoms with Gasteiger partial charge in [-0.3, -0.25) is 10.5 Å². The molecule has 14 heavy (non-hydrogen) atoms. The molecular weight excluding hydrogens is 228 g/mol. The molecule has 0 saturated carbocycles. The van der Waals surface area contributed by atoms with E-state index < -0.39 is 24.0 Å². The predicted molar refractivity (Wildman–Crippen MR) is 55.2 cm³/mol. The molecule has 0 saturated heterocycles. The Hall–Kier alpha value is -0.540. The Morgan fingerprint density at radius 1 is 1.64 bits per heavy atom. The minimum atomic E-state index is -1.09. The largest absolute Gasteiger partial charge is 0.725 e. The summed E-state index contributed by atoms with van der Waals surface area (Å²) >= 11 is 0. The summed E-state index contributed by atoms with van der Waals surface area (Å²) in [5.74, 6) is -0.916. The van der Waals surface area contributed by atoms with Crippen molar-refractivity contribution in [1.82, 2.24) is 0 Å². The van der Waals surface area contributed by atoms with Gasteiger partial charge in [-0.15, -0.1) is 10.8 Å². The molecule has 0 aliphatic heterocycles. The highest BCUT2D eigenvalue weighted by atomic mass is 33.1. The monoisotopic (exact) mass is 238 g/mol. The summed E-state index contributed by atoms with van der Waals surface area (Å²) in [6.07, 6.45) is -1.07. The van der Waals surface area contributed by atoms with Gasteiger partial charge in [0.2, 0.25) is 0 Å². The lowest BCUT2D eigenvalue weighted by Crippen LogP contribution is -2.32. The van der Waals surface area contributed by atoms with Crippen LogP contribution in [0.15, 0.2) is 11.1 Å². The second-order valence-electron chi connectivity index (χ2n) is 2.18. The third kappa shape index (κ3) is 6.00. The summed E-state index contributed by atoms with van der Waals surface area (Å²) in [5, 5.41) is 26.4. The summed E-state index contributed by atoms with van der Waals surface area (Å²) in [6.45, 7) is 0. The van der Waals surface area contributed by atoms with E-state index in [1.54, 1.807) is 0 Å². The van der Waals surface area contributed by atoms with Gasteiger partial charge >= 0.3 is 5.97 Å². The van der Waals surface area contributed by atoms with Crippen molar-refractivity contribution in [2.24, 2.45) is 5.73 Å². The Morgan fingerprint density at radius 2 is 2.21 bits per heavy atom. The Kier molecular flexibility index (Phi) is 6.58. The van der Waals surface area contributed by atoms with E-state index in [4.69, 9.17) is 26.8 Å². The number of hydrogen-bond acceptors (Lipinski definition) is 6. The summed E-state index contributed by atoms with van der Waals surface area (Å²) in [4.78, 5) is 10.3. The van der Waals surface area contributed by atoms with Crippen LogP contribution in [-0.2, 0) is 4.79 Å². The maximum atomic E-state index is 10.3. The van der Waals surface area contributed by atoms with E-state index in [1.807, 2.05) is 0 Å². The average Bonchev–Trinajstić information content (AvgIpc) is 2.11. The van der Waals surface area contributed by atoms with Gasteiger partial charge < -0.3 is 26.8 Å². The fourth-order valence-corrected chi connectivity index (χ4v) is 2.12. The van der Waals surface area contributed by atoms with Gasteiger partial charge in [0.1, 0.15) is 6.04 Å². The van der Waals surface area contributed by atoms with Crippen molar-refractivity contribution in [2.45, 2.75) is 6.04 Å². The molecule has 6 N–H and O–H groups in total. The van der Waals surface area contributed by atoms with E-state index in [0.29, 0.717) is 0 Å². The number of nitrogens with two attached hydrogens (primary N) is 1. The molecule has 0 aromatic rings. The van der Waals surface area contributed by atoms with Gasteiger partial charge in [0, 0.05) is 12.0 Å². The van der Waals surface area contributed by atoms with E-state index in [9.17, 15) is 4.79 Å². The lowest BCUT2D eigenvalue weighted by atomic mass is 10.4. The number of carbonyl (C=O) groups is 1. The molecule has 0 bridgehead atoms. The topological polar surface area (TPSA) is 128 Å². The van der Waals surface area contributed by atoms with Gasteiger partial charge in [0.25, 0.3) is 0 Å². The first-order valence-corrected chi connectivity index (χ1v) is 5.77. The highest BCUT2D eigenvalue weighted by molar-refractivity contribution is 8.77. The van der Waals surface area contributed by atoms with Crippen molar-refractivity contribution >= 4 is 27.6 Å². The first kappa shape index (κ1) is 13.5. The van der Waals surface area contributed by atoms with E-state index in [1.165, 1.54) is 5.41 Å². The molecule has 8 heteroatoms. The van der Waals surface area contributed by atoms with Crippen LogP contribution in [0, 0.1) is 6.29 Å². The van der Waals surface area contributed by atoms with E-state index in [0.717, 1.165) is 21.6 Å². The third-order valence-corrected chi connectivity index (χ3v) is 3.11. The molecular formula is C6H10N2O4S2-2. The van der Waals surface area contributed by atoms with Gasteiger partial charge in [0.15, 0.2) is 0 Å². The van der Waals surface area contributed by atoms with Crippen LogP contribution in [0.2, 0.25) is 0 Å². The second kappa shape index (κ2) is 6.85. The van der Waals surface area contributed by atoms with Crippen LogP contribution in [0.5, 0.6) is 0 Å². The summed E-state index contributed by atoms with van der Waals surface area (Å²) in [6, 6.07) is -0.957. The highest BCUT2D eigenvalue weighted by Crippen LogP contribution is 2.26. The first-order chi connectivity index (χ1) is 6.45. The molecule has 0 fully saturated rings. The molecule has 82 valence electrons. The van der Waals surface area contributed by atoms with Crippen LogP contribution in [-0.4, -0.2) is 33.1 Å². The molecule has 0 amide bonds. The predicted octanol–water partition coefficient (Wildman–Crippen LogP) is 0.908. The summed E-state index contributed by atoms with van der Waals surface area (Å²) < 4.78 is 0. The van der Waals surface area contributed by atoms with Crippen LogP contribution in [0.25, 0.3) is 5.73 Å². The Bertz CT molecular complexity index is 222. The lowest BCUT2D eigenvalue weighted by molar-refractivity contribution is -0.137. The van der Waals surface area contributed by atoms with Crippen LogP contribution < -0.4 is 5.73 Å². The van der Waals surface area contributed by atoms with Crippen molar-refractivity contribution in [2.75, 3.05) is 5.75 Å². The summed E-state index contributed by atoms with van der Waals surface area (Å²) in [5.41, 5.74) is 11.7. The number of carboxylic acids is 1. The van der Waals surface area contributed by atoms with Gasteiger partial charge in [-0.2, -0.15) is 16.2 Å². The Morgan fingerprint density at radius 3 is 2.64 bits per heavy atom. The fourth-order valence-electron chi connectivity index (χ4n) is 0.319. The van der Waals surface area contributed by atoms with Crippen molar-refractivity contribution in [1.29, 1.82) is 0 Å². The normalized spacial score (nSPS) is 13.8. The summed E-state index contributed by atoms with van der Waals surface area (Å²) in [7, 11) is 2.13. The van der Waals surface area contributed by atoms with Gasteiger partial charge in [-0.25, -0.2) is 0 Å². The molecule has 0 aliphatic rings. The maximum Gasteiger partial charge on any atom is 0.321 e. The zero-order valence-electron chi connectivity index (χ0n) is 7.01. The molecule has 0 rings (SSSR count). The smallest absolute Gasteiger partial charge is 0.321 e. The molecule has 0 aromatic carbocycles. The lowest BCUT2D eigenvalue weighted by Gasteiger charge is -2.22. The number of aliphatic hydroxyl groups excluding tert-OH is 1. The van der Waals surface area contributed by atoms with E-state index >= 15 is 0 Å². The number of carboxylic acid groups (broad SMARTS) is 1. The maximum absolute atomic E-state index is 10.3. The van der Waals surface area contributed by atoms with Crippen LogP contribution in [0.4, 0.5) is 0 Å². The number of aliphatic carboxylic acids is 1. The number of nitrogens with one attached hydrogen (secondary N) is 1. The highest BCUT2D eigenvalue weighted by Gasteiger charge is 2.09. The molecule has 0 heterocycles. The minimum absolute atomic E-state index is 0.177. The van der Waals surface area contributed by atoms with Crippen LogP contribution in [0.1, 0.15) is 0 Å². The van der Waals surface area contributed by atoms with Crippen molar-refractivity contribution in [3.8, 4) is 0 Å². The SMILES string of the molecule is [NH-]C(=CSSCC(N)C(=O)O)[C-](O)O. The molecule has 1 atom stereocenters. The average molecular weight is 238 g/mol. The molecule has 6 nitrogen and oxygen atoms in total. The standard InChI is InChI=1S/C6H10N2O4S2/c7-3(5(9)10)1-13-14-2-4(8)6(11)12/h1,4,7,9-10H,2,8H2,(H,11,12)/q-2. The fraction of sp³-hybridized carbons (Fsp3) is 0.333. The molecule has 0 radical (unpaired) electrons. The number of hydrogen-bond donors (Lipinski definition) is 4. The zero-order chi connectivity index (χ0) is 11.1. The van der Waals surface area contributed by atoms with E-state index in [2.05, 4.69) is 0 Å².